The minimum Gasteiger partial charge on any atom is -0.357 e. The van der Waals surface area contributed by atoms with Crippen molar-refractivity contribution in [3.8, 4) is 0 Å². The molecule has 0 radical (unpaired) electrons. The van der Waals surface area contributed by atoms with Gasteiger partial charge in [0.1, 0.15) is 0 Å². The molecule has 5 rings (SSSR count). The smallest absolute Gasteiger partial charge is 0.198 e. The summed E-state index contributed by atoms with van der Waals surface area (Å²) in [4.78, 5) is 55.6. The van der Waals surface area contributed by atoms with Gasteiger partial charge in [-0.05, 0) is 47.6 Å². The van der Waals surface area contributed by atoms with Crippen molar-refractivity contribution in [1.82, 2.24) is 9.80 Å². The van der Waals surface area contributed by atoms with Crippen LogP contribution in [0.15, 0.2) is 83.5 Å². The highest BCUT2D eigenvalue weighted by atomic mass is 16.2. The number of Topliss-reactive ketones (excluding diaryl/α,β-unsaturated/α-hetero) is 4. The number of hydrogen-bond acceptors (Lipinski definition) is 6. The van der Waals surface area contributed by atoms with E-state index in [0.29, 0.717) is 11.1 Å². The SMILES string of the molecule is CN1C=CC(=C2C(=O)c3cc4c(cc3C2=O)C(=O)C(=C2C=CN(C)C=C2)C4=O)C=C1. The quantitative estimate of drug-likeness (QED) is 0.496. The summed E-state index contributed by atoms with van der Waals surface area (Å²) in [6.45, 7) is 0. The number of carbonyl (C=O) groups is 4. The molecule has 0 aromatic heterocycles. The van der Waals surface area contributed by atoms with Crippen LogP contribution in [0.1, 0.15) is 41.4 Å². The van der Waals surface area contributed by atoms with Gasteiger partial charge in [-0.1, -0.05) is 0 Å². The minimum absolute atomic E-state index is 0.0638. The second-order valence-corrected chi connectivity index (χ2v) is 7.51. The average molecular weight is 396 g/mol. The van der Waals surface area contributed by atoms with Gasteiger partial charge in [0.25, 0.3) is 0 Å². The highest BCUT2D eigenvalue weighted by Gasteiger charge is 2.41. The highest BCUT2D eigenvalue weighted by Crippen LogP contribution is 2.37. The van der Waals surface area contributed by atoms with E-state index in [1.54, 1.807) is 58.9 Å². The summed E-state index contributed by atoms with van der Waals surface area (Å²) in [6.07, 6.45) is 13.8. The molecule has 0 fully saturated rings. The van der Waals surface area contributed by atoms with Gasteiger partial charge in [-0.3, -0.25) is 19.2 Å². The Balaban J connectivity index is 1.63. The lowest BCUT2D eigenvalue weighted by molar-refractivity contribution is 0.0976. The van der Waals surface area contributed by atoms with Gasteiger partial charge in [0.2, 0.25) is 0 Å². The molecule has 4 aliphatic rings. The van der Waals surface area contributed by atoms with Crippen LogP contribution in [0.5, 0.6) is 0 Å². The lowest BCUT2D eigenvalue weighted by atomic mass is 10.0. The number of benzene rings is 1. The van der Waals surface area contributed by atoms with E-state index in [9.17, 15) is 19.2 Å². The first-order valence-electron chi connectivity index (χ1n) is 9.39. The van der Waals surface area contributed by atoms with Gasteiger partial charge < -0.3 is 9.80 Å². The monoisotopic (exact) mass is 396 g/mol. The number of carbonyl (C=O) groups excluding carboxylic acids is 4. The van der Waals surface area contributed by atoms with Crippen molar-refractivity contribution in [1.29, 1.82) is 0 Å². The Hall–Kier alpha value is -4.06. The van der Waals surface area contributed by atoms with Crippen molar-refractivity contribution in [3.05, 3.63) is 106 Å². The van der Waals surface area contributed by atoms with E-state index >= 15 is 0 Å². The van der Waals surface area contributed by atoms with Crippen LogP contribution < -0.4 is 0 Å². The lowest BCUT2D eigenvalue weighted by Crippen LogP contribution is -2.09. The van der Waals surface area contributed by atoms with Crippen LogP contribution in [-0.4, -0.2) is 47.0 Å². The van der Waals surface area contributed by atoms with E-state index in [-0.39, 0.29) is 33.4 Å². The van der Waals surface area contributed by atoms with Crippen LogP contribution in [0, 0.1) is 0 Å². The van der Waals surface area contributed by atoms with Crippen LogP contribution in [0.25, 0.3) is 0 Å². The van der Waals surface area contributed by atoms with Gasteiger partial charge in [0.15, 0.2) is 23.1 Å². The molecule has 6 heteroatoms. The van der Waals surface area contributed by atoms with Crippen LogP contribution in [0.3, 0.4) is 0 Å². The molecule has 0 N–H and O–H groups in total. The van der Waals surface area contributed by atoms with Crippen molar-refractivity contribution in [2.24, 2.45) is 0 Å². The summed E-state index contributed by atoms with van der Waals surface area (Å²) in [6, 6.07) is 2.80. The molecule has 2 aliphatic carbocycles. The maximum atomic E-state index is 13.0. The number of fused-ring (bicyclic) bond motifs is 2. The molecule has 0 saturated heterocycles. The first-order chi connectivity index (χ1) is 14.4. The summed E-state index contributed by atoms with van der Waals surface area (Å²) in [5, 5.41) is 0. The molecule has 1 aromatic carbocycles. The topological polar surface area (TPSA) is 74.8 Å². The average Bonchev–Trinajstić information content (AvgIpc) is 3.13. The van der Waals surface area contributed by atoms with Crippen LogP contribution in [-0.2, 0) is 0 Å². The molecule has 0 spiro atoms. The van der Waals surface area contributed by atoms with Gasteiger partial charge in [-0.25, -0.2) is 0 Å². The number of ketones is 4. The first-order valence-corrected chi connectivity index (χ1v) is 9.39. The molecule has 0 saturated carbocycles. The molecule has 6 nitrogen and oxygen atoms in total. The van der Waals surface area contributed by atoms with Crippen molar-refractivity contribution >= 4 is 23.1 Å². The van der Waals surface area contributed by atoms with Crippen LogP contribution >= 0.6 is 0 Å². The van der Waals surface area contributed by atoms with Crippen molar-refractivity contribution in [2.45, 2.75) is 0 Å². The molecule has 0 unspecified atom stereocenters. The second kappa shape index (κ2) is 6.22. The maximum absolute atomic E-state index is 13.0. The Morgan fingerprint density at radius 2 is 0.767 bits per heavy atom. The van der Waals surface area contributed by atoms with Crippen LogP contribution in [0.4, 0.5) is 0 Å². The zero-order valence-corrected chi connectivity index (χ0v) is 16.3. The highest BCUT2D eigenvalue weighted by molar-refractivity contribution is 6.44. The van der Waals surface area contributed by atoms with Crippen molar-refractivity contribution in [2.75, 3.05) is 14.1 Å². The fourth-order valence-electron chi connectivity index (χ4n) is 3.96. The van der Waals surface area contributed by atoms with E-state index in [0.717, 1.165) is 0 Å². The molecule has 2 aliphatic heterocycles. The van der Waals surface area contributed by atoms with Crippen molar-refractivity contribution in [3.63, 3.8) is 0 Å². The molecule has 0 bridgehead atoms. The van der Waals surface area contributed by atoms with E-state index in [1.807, 2.05) is 14.1 Å². The Bertz CT molecular complexity index is 1100. The number of rotatable bonds is 0. The van der Waals surface area contributed by atoms with Gasteiger partial charge in [-0.2, -0.15) is 0 Å². The van der Waals surface area contributed by atoms with Gasteiger partial charge in [0.05, 0.1) is 11.1 Å². The molecule has 0 atom stereocenters. The third-order valence-corrected chi connectivity index (χ3v) is 5.58. The number of nitrogens with zero attached hydrogens (tertiary/aromatic N) is 2. The zero-order chi connectivity index (χ0) is 21.2. The third-order valence-electron chi connectivity index (χ3n) is 5.58. The first kappa shape index (κ1) is 18.0. The summed E-state index contributed by atoms with van der Waals surface area (Å²) in [7, 11) is 3.67. The van der Waals surface area contributed by atoms with E-state index < -0.39 is 23.1 Å². The van der Waals surface area contributed by atoms with Gasteiger partial charge in [-0.15, -0.1) is 0 Å². The molecular weight excluding hydrogens is 380 g/mol. The van der Waals surface area contributed by atoms with E-state index in [1.165, 1.54) is 12.1 Å². The van der Waals surface area contributed by atoms with Gasteiger partial charge in [0, 0.05) is 61.1 Å². The standard InChI is InChI=1S/C24H16N2O4/c1-25-7-3-13(4-8-25)19-21(27)15-11-17-18(12-16(15)22(19)28)24(30)20(23(17)29)14-5-9-26(2)10-6-14/h3-12H,1-2H3. The molecule has 1 aromatic rings. The fourth-order valence-corrected chi connectivity index (χ4v) is 3.96. The zero-order valence-electron chi connectivity index (χ0n) is 16.3. The van der Waals surface area contributed by atoms with E-state index in [4.69, 9.17) is 0 Å². The van der Waals surface area contributed by atoms with Crippen LogP contribution in [0.2, 0.25) is 0 Å². The Morgan fingerprint density at radius 3 is 1.03 bits per heavy atom. The predicted molar refractivity (Wildman–Crippen MR) is 110 cm³/mol. The normalized spacial score (nSPS) is 19.7. The fraction of sp³-hybridized carbons (Fsp3) is 0.0833. The van der Waals surface area contributed by atoms with Crippen molar-refractivity contribution < 1.29 is 19.2 Å². The maximum Gasteiger partial charge on any atom is 0.198 e. The molecule has 2 heterocycles. The molecule has 30 heavy (non-hydrogen) atoms. The summed E-state index contributed by atoms with van der Waals surface area (Å²) < 4.78 is 0. The lowest BCUT2D eigenvalue weighted by Gasteiger charge is -2.13. The summed E-state index contributed by atoms with van der Waals surface area (Å²) >= 11 is 0. The number of allylic oxidation sites excluding steroid dienone is 8. The Labute approximate surface area is 172 Å². The minimum atomic E-state index is -0.424. The third kappa shape index (κ3) is 2.43. The molecule has 146 valence electrons. The summed E-state index contributed by atoms with van der Waals surface area (Å²) in [5.41, 5.74) is 1.84. The molecule has 0 amide bonds. The Kier molecular flexibility index (Phi) is 3.73. The largest absolute Gasteiger partial charge is 0.357 e. The summed E-state index contributed by atoms with van der Waals surface area (Å²) in [5.74, 6) is -1.70. The van der Waals surface area contributed by atoms with E-state index in [2.05, 4.69) is 0 Å². The molecular formula is C24H16N2O4. The Morgan fingerprint density at radius 1 is 0.500 bits per heavy atom. The second-order valence-electron chi connectivity index (χ2n) is 7.51. The number of hydrogen-bond donors (Lipinski definition) is 0. The predicted octanol–water partition coefficient (Wildman–Crippen LogP) is 2.98. The van der Waals surface area contributed by atoms with Gasteiger partial charge >= 0.3 is 0 Å².